The van der Waals surface area contributed by atoms with Crippen LogP contribution in [0.1, 0.15) is 5.48 Å². The molecule has 10 aromatic carbocycles. The van der Waals surface area contributed by atoms with Gasteiger partial charge in [0.2, 0.25) is 0 Å². The van der Waals surface area contributed by atoms with Gasteiger partial charge in [0, 0.05) is 17.1 Å². The molecule has 10 rings (SSSR count). The minimum Gasteiger partial charge on any atom is -0.311 e. The van der Waals surface area contributed by atoms with E-state index >= 15 is 0 Å². The molecule has 0 fully saturated rings. The Balaban J connectivity index is 1.12. The van der Waals surface area contributed by atoms with Gasteiger partial charge >= 0.3 is 0 Å². The maximum absolute atomic E-state index is 9.67. The molecule has 0 aliphatic carbocycles. The van der Waals surface area contributed by atoms with Crippen LogP contribution in [0.2, 0.25) is 0 Å². The van der Waals surface area contributed by atoms with Gasteiger partial charge in [0.1, 0.15) is 0 Å². The number of anilines is 3. The van der Waals surface area contributed by atoms with Crippen molar-refractivity contribution < 1.29 is 5.48 Å². The van der Waals surface area contributed by atoms with E-state index in [1.165, 1.54) is 5.39 Å². The number of hydrogen-bond donors (Lipinski definition) is 0. The molecule has 278 valence electrons. The van der Waals surface area contributed by atoms with E-state index in [1.54, 1.807) is 0 Å². The molecule has 10 aromatic rings. The van der Waals surface area contributed by atoms with Crippen LogP contribution in [0.25, 0.3) is 77.5 Å². The molecular weight excluding hydrogens is 711 g/mol. The molecule has 0 heterocycles. The van der Waals surface area contributed by atoms with Crippen molar-refractivity contribution in [2.45, 2.75) is 0 Å². The van der Waals surface area contributed by atoms with Crippen molar-refractivity contribution in [2.75, 3.05) is 4.90 Å². The molecule has 0 bridgehead atoms. The lowest BCUT2D eigenvalue weighted by Crippen LogP contribution is -2.09. The highest BCUT2D eigenvalue weighted by Crippen LogP contribution is 2.42. The zero-order chi connectivity index (χ0) is 42.9. The largest absolute Gasteiger partial charge is 0.311 e. The van der Waals surface area contributed by atoms with Crippen molar-refractivity contribution in [1.82, 2.24) is 0 Å². The van der Waals surface area contributed by atoms with Crippen molar-refractivity contribution in [1.29, 1.82) is 0 Å². The molecule has 0 saturated carbocycles. The van der Waals surface area contributed by atoms with Crippen LogP contribution in [0, 0.1) is 0 Å². The fourth-order valence-electron chi connectivity index (χ4n) is 8.05. The Kier molecular flexibility index (Phi) is 8.51. The molecule has 0 aromatic heterocycles. The Labute approximate surface area is 352 Å². The van der Waals surface area contributed by atoms with E-state index in [2.05, 4.69) is 109 Å². The summed E-state index contributed by atoms with van der Waals surface area (Å²) in [5, 5.41) is 2.33. The van der Waals surface area contributed by atoms with Gasteiger partial charge in [0.15, 0.2) is 0 Å². The van der Waals surface area contributed by atoms with Gasteiger partial charge in [-0.1, -0.05) is 206 Å². The van der Waals surface area contributed by atoms with Crippen molar-refractivity contribution >= 4 is 27.8 Å². The highest BCUT2D eigenvalue weighted by Gasteiger charge is 2.17. The zero-order valence-corrected chi connectivity index (χ0v) is 32.3. The molecule has 0 aliphatic rings. The minimum atomic E-state index is -0.128. The molecule has 0 amide bonds. The third-order valence-electron chi connectivity index (χ3n) is 11.0. The average molecular weight is 756 g/mol. The highest BCUT2D eigenvalue weighted by molar-refractivity contribution is 6.04. The summed E-state index contributed by atoms with van der Waals surface area (Å²) in [7, 11) is 0. The van der Waals surface area contributed by atoms with E-state index in [0.29, 0.717) is 16.9 Å². The molecule has 0 saturated heterocycles. The number of rotatable bonds is 9. The van der Waals surface area contributed by atoms with Crippen molar-refractivity contribution in [2.24, 2.45) is 0 Å². The highest BCUT2D eigenvalue weighted by atomic mass is 15.1. The van der Waals surface area contributed by atoms with Crippen LogP contribution in [0.5, 0.6) is 0 Å². The quantitative estimate of drug-likeness (QED) is 0.142. The van der Waals surface area contributed by atoms with Crippen LogP contribution < -0.4 is 4.90 Å². The van der Waals surface area contributed by atoms with Crippen LogP contribution in [0.15, 0.2) is 249 Å². The lowest BCUT2D eigenvalue weighted by molar-refractivity contribution is 1.28. The molecule has 0 N–H and O–H groups in total. The van der Waals surface area contributed by atoms with Gasteiger partial charge in [-0.3, -0.25) is 0 Å². The molecule has 1 heteroatoms. The van der Waals surface area contributed by atoms with Crippen LogP contribution >= 0.6 is 0 Å². The first kappa shape index (κ1) is 31.4. The Hall–Kier alpha value is -7.74. The molecule has 1 nitrogen and oxygen atoms in total. The van der Waals surface area contributed by atoms with Gasteiger partial charge in [-0.2, -0.15) is 0 Å². The number of nitrogens with zero attached hydrogens (tertiary/aromatic N) is 1. The van der Waals surface area contributed by atoms with Crippen LogP contribution in [0.4, 0.5) is 17.1 Å². The summed E-state index contributed by atoms with van der Waals surface area (Å²) < 4.78 is 38.5. The van der Waals surface area contributed by atoms with E-state index in [4.69, 9.17) is 0 Å². The van der Waals surface area contributed by atoms with E-state index < -0.39 is 0 Å². The van der Waals surface area contributed by atoms with E-state index in [9.17, 15) is 5.48 Å². The maximum atomic E-state index is 9.67. The summed E-state index contributed by atoms with van der Waals surface area (Å²) in [6.07, 6.45) is 0. The first-order valence-corrected chi connectivity index (χ1v) is 19.9. The molecule has 0 atom stereocenters. The summed E-state index contributed by atoms with van der Waals surface area (Å²) >= 11 is 0. The first-order valence-electron chi connectivity index (χ1n) is 21.9. The standard InChI is InChI=1S/C58H41N/c1-5-15-42(16-6-1)43-25-33-51(34-26-43)59(53-37-29-48(30-38-53)56-40-31-47-21-13-14-24-55(47)58(56)49-22-11-4-12-23-49)52-35-27-44(28-36-52)50-32-39-54(45-17-7-2-8-18-45)57(41-50)46-19-9-3-10-20-46/h1-41H/i27D,28D,35D,36D. The van der Waals surface area contributed by atoms with Gasteiger partial charge in [-0.25, -0.2) is 0 Å². The fourth-order valence-corrected chi connectivity index (χ4v) is 8.05. The van der Waals surface area contributed by atoms with Crippen LogP contribution in [-0.4, -0.2) is 0 Å². The Bertz CT molecular complexity index is 3200. The predicted molar refractivity (Wildman–Crippen MR) is 251 cm³/mol. The average Bonchev–Trinajstić information content (AvgIpc) is 3.35. The van der Waals surface area contributed by atoms with E-state index in [-0.39, 0.29) is 35.4 Å². The van der Waals surface area contributed by atoms with Crippen molar-refractivity contribution in [3.63, 3.8) is 0 Å². The molecule has 0 aliphatic heterocycles. The summed E-state index contributed by atoms with van der Waals surface area (Å²) in [6, 6.07) is 75.4. The Morgan fingerprint density at radius 2 is 0.712 bits per heavy atom. The van der Waals surface area contributed by atoms with Crippen LogP contribution in [-0.2, 0) is 0 Å². The third-order valence-corrected chi connectivity index (χ3v) is 11.0. The second kappa shape index (κ2) is 16.0. The normalized spacial score (nSPS) is 12.0. The monoisotopic (exact) mass is 755 g/mol. The summed E-state index contributed by atoms with van der Waals surface area (Å²) in [5.41, 5.74) is 13.0. The van der Waals surface area contributed by atoms with E-state index in [1.807, 2.05) is 120 Å². The minimum absolute atomic E-state index is 0.108. The molecule has 0 radical (unpaired) electrons. The number of hydrogen-bond acceptors (Lipinski definition) is 1. The molecule has 0 unspecified atom stereocenters. The van der Waals surface area contributed by atoms with Gasteiger partial charge in [-0.05, 0) is 120 Å². The van der Waals surface area contributed by atoms with Gasteiger partial charge in [0.25, 0.3) is 0 Å². The summed E-state index contributed by atoms with van der Waals surface area (Å²) in [6.45, 7) is 0. The van der Waals surface area contributed by atoms with Gasteiger partial charge in [-0.15, -0.1) is 0 Å². The smallest absolute Gasteiger partial charge is 0.0645 e. The predicted octanol–water partition coefficient (Wildman–Crippen LogP) is 16.3. The summed E-state index contributed by atoms with van der Waals surface area (Å²) in [4.78, 5) is 1.86. The second-order valence-electron chi connectivity index (χ2n) is 14.6. The SMILES string of the molecule is [2H]c1c([2H])c(N(c2ccc(-c3ccccc3)cc2)c2ccc(-c3ccc4ccccc4c3-c3ccccc3)cc2)c([2H])c([2H])c1-c1ccc(-c2ccccc2)c(-c2ccccc2)c1. The lowest BCUT2D eigenvalue weighted by Gasteiger charge is -2.26. The number of fused-ring (bicyclic) bond motifs is 1. The molecule has 0 spiro atoms. The lowest BCUT2D eigenvalue weighted by atomic mass is 9.90. The Morgan fingerprint density at radius 3 is 1.32 bits per heavy atom. The zero-order valence-electron chi connectivity index (χ0n) is 36.3. The van der Waals surface area contributed by atoms with Gasteiger partial charge < -0.3 is 4.90 Å². The molecular formula is C58H41N. The molecule has 59 heavy (non-hydrogen) atoms. The van der Waals surface area contributed by atoms with Crippen LogP contribution in [0.3, 0.4) is 0 Å². The third kappa shape index (κ3) is 7.23. The second-order valence-corrected chi connectivity index (χ2v) is 14.6. The number of benzene rings is 10. The van der Waals surface area contributed by atoms with Gasteiger partial charge in [0.05, 0.1) is 5.48 Å². The maximum Gasteiger partial charge on any atom is 0.0645 e. The fraction of sp³-hybridized carbons (Fsp3) is 0. The van der Waals surface area contributed by atoms with Crippen molar-refractivity contribution in [3.05, 3.63) is 249 Å². The first-order chi connectivity index (χ1) is 30.9. The van der Waals surface area contributed by atoms with E-state index in [0.717, 1.165) is 61.0 Å². The van der Waals surface area contributed by atoms with Crippen molar-refractivity contribution in [3.8, 4) is 66.8 Å². The summed E-state index contributed by atoms with van der Waals surface area (Å²) in [5.74, 6) is 0. The Morgan fingerprint density at radius 1 is 0.271 bits per heavy atom. The topological polar surface area (TPSA) is 3.24 Å².